The topological polar surface area (TPSA) is 107 Å². The lowest BCUT2D eigenvalue weighted by atomic mass is 10.2. The Morgan fingerprint density at radius 3 is 1.57 bits per heavy atom. The van der Waals surface area contributed by atoms with Gasteiger partial charge in [0.05, 0.1) is 21.8 Å². The van der Waals surface area contributed by atoms with Gasteiger partial charge in [0.25, 0.3) is 0 Å². The Kier molecular flexibility index (Phi) is 13.3. The van der Waals surface area contributed by atoms with Gasteiger partial charge in [0.2, 0.25) is 0 Å². The molecule has 0 spiro atoms. The van der Waals surface area contributed by atoms with Crippen molar-refractivity contribution in [1.82, 2.24) is 24.8 Å². The molecule has 0 fully saturated rings. The van der Waals surface area contributed by atoms with E-state index < -0.39 is 0 Å². The highest BCUT2D eigenvalue weighted by atomic mass is 19.1. The second kappa shape index (κ2) is 19.5. The van der Waals surface area contributed by atoms with Crippen molar-refractivity contribution in [3.8, 4) is 17.2 Å². The van der Waals surface area contributed by atoms with Crippen LogP contribution >= 0.6 is 0 Å². The van der Waals surface area contributed by atoms with Gasteiger partial charge in [-0.25, -0.2) is 33.1 Å². The first-order chi connectivity index (χ1) is 29.2. The van der Waals surface area contributed by atoms with Crippen LogP contribution in [0.1, 0.15) is 18.1 Å². The van der Waals surface area contributed by atoms with Crippen LogP contribution in [0.3, 0.4) is 0 Å². The average Bonchev–Trinajstić information content (AvgIpc) is 3.23. The molecule has 0 radical (unpaired) electrons. The molecule has 2 heterocycles. The van der Waals surface area contributed by atoms with E-state index in [1.807, 2.05) is 69.6 Å². The van der Waals surface area contributed by atoms with Crippen molar-refractivity contribution in [3.63, 3.8) is 0 Å². The number of ether oxygens (including phenoxy) is 3. The van der Waals surface area contributed by atoms with Gasteiger partial charge < -0.3 is 29.7 Å². The molecule has 0 aliphatic carbocycles. The quantitative estimate of drug-likeness (QED) is 0.110. The zero-order valence-corrected chi connectivity index (χ0v) is 33.1. The maximum absolute atomic E-state index is 14.1. The molecular weight excluding hydrogens is 768 g/mol. The summed E-state index contributed by atoms with van der Waals surface area (Å²) in [7, 11) is 4.04. The summed E-state index contributed by atoms with van der Waals surface area (Å²) in [5.74, 6) is 2.19. The third-order valence-electron chi connectivity index (χ3n) is 9.01. The molecule has 60 heavy (non-hydrogen) atoms. The van der Waals surface area contributed by atoms with Crippen LogP contribution < -0.4 is 24.8 Å². The lowest BCUT2D eigenvalue weighted by molar-refractivity contribution is 0.179. The molecule has 0 saturated heterocycles. The number of hydrogen-bond donors (Lipinski definition) is 2. The maximum atomic E-state index is 14.1. The third-order valence-corrected chi connectivity index (χ3v) is 9.01. The van der Waals surface area contributed by atoms with Crippen molar-refractivity contribution in [2.24, 2.45) is 0 Å². The number of hydrogen-bond acceptors (Lipinski definition) is 10. The van der Waals surface area contributed by atoms with E-state index in [1.165, 1.54) is 43.0 Å². The fraction of sp³-hybridized carbons (Fsp3) is 0.149. The molecule has 13 heteroatoms. The molecule has 8 rings (SSSR count). The normalized spacial score (nSPS) is 11.4. The molecule has 2 N–H and O–H groups in total. The molecular formula is C47H42F3N7O3. The zero-order chi connectivity index (χ0) is 41.8. The maximum Gasteiger partial charge on any atom is 0.145 e. The SMILES string of the molecule is CC(CN(C)C)Oc1cccc2ncnc(Nc3ccc(OCc4cccc(F)c4)cc3)c12.Fc1cccc(COc2ccc(Nc3ncnc4cccc(F)c34)cc2)c1. The van der Waals surface area contributed by atoms with Crippen molar-refractivity contribution < 1.29 is 27.4 Å². The molecule has 0 amide bonds. The largest absolute Gasteiger partial charge is 0.489 e. The van der Waals surface area contributed by atoms with Crippen LogP contribution in [-0.2, 0) is 13.2 Å². The van der Waals surface area contributed by atoms with Crippen molar-refractivity contribution >= 4 is 44.8 Å². The van der Waals surface area contributed by atoms with E-state index in [1.54, 1.807) is 54.6 Å². The summed E-state index contributed by atoms with van der Waals surface area (Å²) in [6.45, 7) is 3.40. The van der Waals surface area contributed by atoms with E-state index >= 15 is 0 Å². The minimum atomic E-state index is -0.384. The van der Waals surface area contributed by atoms with Gasteiger partial charge >= 0.3 is 0 Å². The number of benzene rings is 6. The van der Waals surface area contributed by atoms with E-state index in [9.17, 15) is 13.2 Å². The molecule has 0 saturated carbocycles. The Bertz CT molecular complexity index is 2660. The van der Waals surface area contributed by atoms with Gasteiger partial charge in [-0.05, 0) is 129 Å². The van der Waals surface area contributed by atoms with Crippen molar-refractivity contribution in [2.45, 2.75) is 26.2 Å². The summed E-state index contributed by atoms with van der Waals surface area (Å²) in [4.78, 5) is 19.2. The molecule has 1 atom stereocenters. The summed E-state index contributed by atoms with van der Waals surface area (Å²) < 4.78 is 58.3. The highest BCUT2D eigenvalue weighted by Gasteiger charge is 2.14. The van der Waals surface area contributed by atoms with E-state index in [0.29, 0.717) is 40.6 Å². The number of anilines is 4. The summed E-state index contributed by atoms with van der Waals surface area (Å²) in [5.41, 5.74) is 4.45. The van der Waals surface area contributed by atoms with Gasteiger partial charge in [0.15, 0.2) is 0 Å². The number of rotatable bonds is 14. The first-order valence-corrected chi connectivity index (χ1v) is 19.1. The van der Waals surface area contributed by atoms with E-state index in [0.717, 1.165) is 45.7 Å². The third kappa shape index (κ3) is 11.0. The molecule has 6 aromatic carbocycles. The standard InChI is InChI=1S/C26H27FN4O2.C21H15F2N3O/c1-18(15-31(2)3)33-24-9-5-8-23-25(24)26(29-17-28-23)30-21-10-12-22(13-11-21)32-16-19-6-4-7-20(27)14-19;22-15-4-1-3-14(11-15)12-27-17-9-7-16(8-10-17)26-21-20-18(23)5-2-6-19(20)24-13-25-21/h4-14,17-18H,15-16H2,1-3H3,(H,28,29,30);1-11,13H,12H2,(H,24,25,26). The molecule has 10 nitrogen and oxygen atoms in total. The zero-order valence-electron chi connectivity index (χ0n) is 33.1. The highest BCUT2D eigenvalue weighted by Crippen LogP contribution is 2.33. The predicted octanol–water partition coefficient (Wildman–Crippen LogP) is 10.7. The summed E-state index contributed by atoms with van der Waals surface area (Å²) >= 11 is 0. The number of nitrogens with zero attached hydrogens (tertiary/aromatic N) is 5. The van der Waals surface area contributed by atoms with Gasteiger partial charge in [0.1, 0.15) is 78.3 Å². The van der Waals surface area contributed by atoms with Crippen molar-refractivity contribution in [1.29, 1.82) is 0 Å². The number of likely N-dealkylation sites (N-methyl/N-ethyl adjacent to an activating group) is 1. The van der Waals surface area contributed by atoms with Crippen LogP contribution in [0.2, 0.25) is 0 Å². The van der Waals surface area contributed by atoms with Crippen molar-refractivity contribution in [2.75, 3.05) is 31.3 Å². The van der Waals surface area contributed by atoms with Crippen LogP contribution in [0.4, 0.5) is 36.2 Å². The number of fused-ring (bicyclic) bond motifs is 2. The first-order valence-electron chi connectivity index (χ1n) is 19.1. The molecule has 8 aromatic rings. The van der Waals surface area contributed by atoms with Gasteiger partial charge in [-0.2, -0.15) is 0 Å². The van der Waals surface area contributed by atoms with Gasteiger partial charge in [-0.3, -0.25) is 0 Å². The van der Waals surface area contributed by atoms with E-state index in [2.05, 4.69) is 35.5 Å². The lowest BCUT2D eigenvalue weighted by Gasteiger charge is -2.20. The van der Waals surface area contributed by atoms with Crippen LogP contribution in [0.25, 0.3) is 21.8 Å². The lowest BCUT2D eigenvalue weighted by Crippen LogP contribution is -2.28. The molecule has 2 aromatic heterocycles. The van der Waals surface area contributed by atoms with Gasteiger partial charge in [-0.1, -0.05) is 36.4 Å². The predicted molar refractivity (Wildman–Crippen MR) is 229 cm³/mol. The van der Waals surface area contributed by atoms with Gasteiger partial charge in [0, 0.05) is 17.9 Å². The molecule has 304 valence electrons. The Hall–Kier alpha value is -7.25. The van der Waals surface area contributed by atoms with Crippen LogP contribution in [0, 0.1) is 17.5 Å². The first kappa shape index (κ1) is 40.9. The fourth-order valence-corrected chi connectivity index (χ4v) is 6.33. The Labute approximate surface area is 345 Å². The minimum Gasteiger partial charge on any atom is -0.489 e. The number of halogens is 3. The Morgan fingerprint density at radius 2 is 1.05 bits per heavy atom. The molecule has 0 aliphatic heterocycles. The average molecular weight is 810 g/mol. The Balaban J connectivity index is 0.000000185. The molecule has 0 aliphatic rings. The van der Waals surface area contributed by atoms with Crippen LogP contribution in [0.15, 0.2) is 146 Å². The number of aromatic nitrogens is 4. The second-order valence-corrected chi connectivity index (χ2v) is 14.1. The van der Waals surface area contributed by atoms with Crippen LogP contribution in [-0.4, -0.2) is 51.6 Å². The Morgan fingerprint density at radius 1 is 0.567 bits per heavy atom. The van der Waals surface area contributed by atoms with E-state index in [4.69, 9.17) is 14.2 Å². The van der Waals surface area contributed by atoms with Crippen LogP contribution in [0.5, 0.6) is 17.2 Å². The smallest absolute Gasteiger partial charge is 0.145 e. The minimum absolute atomic E-state index is 0.00757. The summed E-state index contributed by atoms with van der Waals surface area (Å²) in [6, 6.07) is 37.9. The fourth-order valence-electron chi connectivity index (χ4n) is 6.33. The van der Waals surface area contributed by atoms with Gasteiger partial charge in [-0.15, -0.1) is 0 Å². The van der Waals surface area contributed by atoms with Crippen molar-refractivity contribution in [3.05, 3.63) is 175 Å². The number of nitrogens with one attached hydrogen (secondary N) is 2. The summed E-state index contributed by atoms with van der Waals surface area (Å²) in [5, 5.41) is 7.63. The second-order valence-electron chi connectivity index (χ2n) is 14.1. The van der Waals surface area contributed by atoms with E-state index in [-0.39, 0.29) is 30.2 Å². The highest BCUT2D eigenvalue weighted by molar-refractivity contribution is 5.96. The monoisotopic (exact) mass is 809 g/mol. The summed E-state index contributed by atoms with van der Waals surface area (Å²) in [6.07, 6.45) is 2.93. The molecule has 1 unspecified atom stereocenters. The molecule has 0 bridgehead atoms.